The van der Waals surface area contributed by atoms with Gasteiger partial charge in [-0.05, 0) is 102 Å². The summed E-state index contributed by atoms with van der Waals surface area (Å²) in [5, 5.41) is 11.0. The molecule has 0 unspecified atom stereocenters. The van der Waals surface area contributed by atoms with Crippen molar-refractivity contribution in [2.45, 2.75) is 106 Å². The summed E-state index contributed by atoms with van der Waals surface area (Å²) in [5.74, 6) is -0.666. The van der Waals surface area contributed by atoms with Gasteiger partial charge in [0.2, 0.25) is 11.6 Å². The second-order valence-electron chi connectivity index (χ2n) is 16.6. The lowest BCUT2D eigenvalue weighted by atomic mass is 9.33. The summed E-state index contributed by atoms with van der Waals surface area (Å²) in [4.78, 5) is 44.2. The third-order valence-electron chi connectivity index (χ3n) is 14.5. The SMILES string of the molecule is CC(C)C1=C2[C@H]3CC[C@@H]4[C@@]5(C)CC[C@H](O)C(C)(C)[C@@H]5CC[C@@]4(C)[C@]3(C)CC[C@@]2(C(=O)OCCN2CCOCC2)C(=O)C1=O. The summed E-state index contributed by atoms with van der Waals surface area (Å²) in [6.45, 7) is 19.7. The number of nitrogens with zero attached hydrogens (tertiary/aromatic N) is 1. The smallest absolute Gasteiger partial charge is 0.324 e. The van der Waals surface area contributed by atoms with Crippen molar-refractivity contribution >= 4 is 17.5 Å². The van der Waals surface area contributed by atoms with Crippen molar-refractivity contribution in [2.24, 2.45) is 50.7 Å². The number of carbonyl (C=O) groups excluding carboxylic acids is 3. The van der Waals surface area contributed by atoms with E-state index in [9.17, 15) is 19.5 Å². The van der Waals surface area contributed by atoms with Crippen molar-refractivity contribution in [1.29, 1.82) is 0 Å². The first-order chi connectivity index (χ1) is 20.2. The molecular formula is C36H55NO6. The minimum absolute atomic E-state index is 0.00411. The fraction of sp³-hybridized carbons (Fsp3) is 0.861. The molecule has 5 fully saturated rings. The molecule has 240 valence electrons. The summed E-state index contributed by atoms with van der Waals surface area (Å²) in [5.41, 5.74) is -0.155. The van der Waals surface area contributed by atoms with Crippen molar-refractivity contribution in [3.63, 3.8) is 0 Å². The Bertz CT molecular complexity index is 1220. The summed E-state index contributed by atoms with van der Waals surface area (Å²) in [7, 11) is 0. The molecule has 1 aliphatic heterocycles. The van der Waals surface area contributed by atoms with Crippen molar-refractivity contribution in [1.82, 2.24) is 4.90 Å². The number of hydrogen-bond acceptors (Lipinski definition) is 7. The highest BCUT2D eigenvalue weighted by atomic mass is 16.5. The number of hydrogen-bond donors (Lipinski definition) is 1. The predicted octanol–water partition coefficient (Wildman–Crippen LogP) is 5.38. The fourth-order valence-corrected chi connectivity index (χ4v) is 11.9. The Hall–Kier alpha value is -1.57. The number of rotatable bonds is 5. The van der Waals surface area contributed by atoms with Crippen LogP contribution in [0.25, 0.3) is 0 Å². The largest absolute Gasteiger partial charge is 0.463 e. The maximum Gasteiger partial charge on any atom is 0.324 e. The van der Waals surface area contributed by atoms with Gasteiger partial charge >= 0.3 is 5.97 Å². The van der Waals surface area contributed by atoms with E-state index in [1.165, 1.54) is 0 Å². The monoisotopic (exact) mass is 597 g/mol. The van der Waals surface area contributed by atoms with E-state index >= 15 is 0 Å². The highest BCUT2D eigenvalue weighted by molar-refractivity contribution is 6.52. The Kier molecular flexibility index (Phi) is 7.66. The molecule has 5 aliphatic carbocycles. The van der Waals surface area contributed by atoms with Crippen LogP contribution >= 0.6 is 0 Å². The number of fused-ring (bicyclic) bond motifs is 7. The van der Waals surface area contributed by atoms with Crippen LogP contribution in [0.15, 0.2) is 11.1 Å². The molecule has 0 spiro atoms. The Morgan fingerprint density at radius 3 is 2.30 bits per heavy atom. The van der Waals surface area contributed by atoms with E-state index < -0.39 is 23.0 Å². The Labute approximate surface area is 258 Å². The molecule has 8 atom stereocenters. The molecule has 0 amide bonds. The van der Waals surface area contributed by atoms with Gasteiger partial charge in [0.1, 0.15) is 6.61 Å². The van der Waals surface area contributed by atoms with E-state index in [4.69, 9.17) is 9.47 Å². The lowest BCUT2D eigenvalue weighted by molar-refractivity contribution is -0.228. The summed E-state index contributed by atoms with van der Waals surface area (Å²) < 4.78 is 11.4. The number of allylic oxidation sites excluding steroid dienone is 1. The van der Waals surface area contributed by atoms with Gasteiger partial charge in [0.15, 0.2) is 5.41 Å². The molecule has 43 heavy (non-hydrogen) atoms. The average molecular weight is 598 g/mol. The van der Waals surface area contributed by atoms with Crippen LogP contribution < -0.4 is 0 Å². The topological polar surface area (TPSA) is 93.1 Å². The summed E-state index contributed by atoms with van der Waals surface area (Å²) in [6.07, 6.45) is 6.79. The lowest BCUT2D eigenvalue weighted by Gasteiger charge is -2.71. The Balaban J connectivity index is 1.35. The van der Waals surface area contributed by atoms with Crippen molar-refractivity contribution in [3.8, 4) is 0 Å². The van der Waals surface area contributed by atoms with Crippen LogP contribution in [0.4, 0.5) is 0 Å². The van der Waals surface area contributed by atoms with Gasteiger partial charge in [0, 0.05) is 25.2 Å². The molecule has 0 radical (unpaired) electrons. The highest BCUT2D eigenvalue weighted by Crippen LogP contribution is 2.76. The third-order valence-corrected chi connectivity index (χ3v) is 14.5. The second-order valence-corrected chi connectivity index (χ2v) is 16.6. The standard InChI is InChI=1S/C36H55NO6/c1-22(2)27-28-23-8-9-25-33(5)12-11-26(38)32(3,4)24(33)10-13-35(25,7)34(23,6)14-15-36(28,30(40)29(27)39)31(41)43-21-18-37-16-19-42-20-17-37/h22-26,38H,8-21H2,1-7H3/t23-,24+,25-,26+,33+,34-,35-,36+/m1/s1. The van der Waals surface area contributed by atoms with Crippen molar-refractivity contribution in [2.75, 3.05) is 39.5 Å². The first kappa shape index (κ1) is 31.4. The molecule has 1 heterocycles. The van der Waals surface area contributed by atoms with Crippen LogP contribution in [0.1, 0.15) is 99.8 Å². The van der Waals surface area contributed by atoms with Gasteiger partial charge in [-0.25, -0.2) is 0 Å². The molecule has 0 aromatic heterocycles. The van der Waals surface area contributed by atoms with Crippen LogP contribution in [0.3, 0.4) is 0 Å². The maximum absolute atomic E-state index is 14.2. The number of Topliss-reactive ketones (excluding diaryl/α,β-unsaturated/α-hetero) is 2. The number of esters is 1. The molecule has 0 aromatic rings. The van der Waals surface area contributed by atoms with Gasteiger partial charge in [0.05, 0.1) is 19.3 Å². The Morgan fingerprint density at radius 2 is 1.63 bits per heavy atom. The number of ether oxygens (including phenoxy) is 2. The van der Waals surface area contributed by atoms with Gasteiger partial charge in [-0.1, -0.05) is 48.5 Å². The highest BCUT2D eigenvalue weighted by Gasteiger charge is 2.73. The van der Waals surface area contributed by atoms with Crippen LogP contribution in [0.2, 0.25) is 0 Å². The lowest BCUT2D eigenvalue weighted by Crippen LogP contribution is -2.66. The second kappa shape index (κ2) is 10.5. The summed E-state index contributed by atoms with van der Waals surface area (Å²) in [6, 6.07) is 0. The van der Waals surface area contributed by atoms with E-state index in [1.54, 1.807) is 0 Å². The number of aliphatic hydroxyl groups is 1. The zero-order chi connectivity index (χ0) is 31.2. The quantitative estimate of drug-likeness (QED) is 0.258. The summed E-state index contributed by atoms with van der Waals surface area (Å²) >= 11 is 0. The minimum Gasteiger partial charge on any atom is -0.463 e. The first-order valence-electron chi connectivity index (χ1n) is 17.2. The van der Waals surface area contributed by atoms with Crippen LogP contribution in [0, 0.1) is 50.7 Å². The molecule has 6 aliphatic rings. The van der Waals surface area contributed by atoms with E-state index in [1.807, 2.05) is 13.8 Å². The van der Waals surface area contributed by atoms with E-state index in [0.29, 0.717) is 43.6 Å². The van der Waals surface area contributed by atoms with E-state index in [-0.39, 0.29) is 46.2 Å². The predicted molar refractivity (Wildman–Crippen MR) is 164 cm³/mol. The van der Waals surface area contributed by atoms with Gasteiger partial charge in [0.25, 0.3) is 0 Å². The molecule has 4 saturated carbocycles. The average Bonchev–Trinajstić information content (AvgIpc) is 3.19. The number of carbonyl (C=O) groups is 3. The molecular weight excluding hydrogens is 542 g/mol. The van der Waals surface area contributed by atoms with Gasteiger partial charge in [-0.2, -0.15) is 0 Å². The van der Waals surface area contributed by atoms with Crippen LogP contribution in [0.5, 0.6) is 0 Å². The third kappa shape index (κ3) is 4.19. The van der Waals surface area contributed by atoms with Crippen LogP contribution in [-0.4, -0.2) is 73.1 Å². The molecule has 7 heteroatoms. The Morgan fingerprint density at radius 1 is 0.930 bits per heavy atom. The molecule has 6 rings (SSSR count). The fourth-order valence-electron chi connectivity index (χ4n) is 11.9. The van der Waals surface area contributed by atoms with Gasteiger partial charge in [-0.3, -0.25) is 19.3 Å². The number of aliphatic hydroxyl groups excluding tert-OH is 1. The maximum atomic E-state index is 14.2. The molecule has 1 N–H and O–H groups in total. The van der Waals surface area contributed by atoms with Gasteiger partial charge < -0.3 is 14.6 Å². The normalized spacial score (nSPS) is 44.5. The first-order valence-corrected chi connectivity index (χ1v) is 17.2. The van der Waals surface area contributed by atoms with E-state index in [2.05, 4.69) is 39.5 Å². The molecule has 0 bridgehead atoms. The van der Waals surface area contributed by atoms with E-state index in [0.717, 1.165) is 63.6 Å². The van der Waals surface area contributed by atoms with Crippen molar-refractivity contribution < 1.29 is 29.0 Å². The van der Waals surface area contributed by atoms with Gasteiger partial charge in [-0.15, -0.1) is 0 Å². The molecule has 7 nitrogen and oxygen atoms in total. The van der Waals surface area contributed by atoms with Crippen LogP contribution in [-0.2, 0) is 23.9 Å². The molecule has 1 saturated heterocycles. The minimum atomic E-state index is -1.47. The molecule has 0 aromatic carbocycles. The number of morpholine rings is 1. The zero-order valence-electron chi connectivity index (χ0n) is 27.7. The van der Waals surface area contributed by atoms with Crippen molar-refractivity contribution in [3.05, 3.63) is 11.1 Å². The number of ketones is 2. The zero-order valence-corrected chi connectivity index (χ0v) is 27.7.